The number of amides is 1. The Hall–Kier alpha value is -1.29. The van der Waals surface area contributed by atoms with E-state index < -0.39 is 0 Å². The summed E-state index contributed by atoms with van der Waals surface area (Å²) < 4.78 is 5.14. The van der Waals surface area contributed by atoms with Gasteiger partial charge in [0.25, 0.3) is 5.91 Å². The van der Waals surface area contributed by atoms with Crippen LogP contribution in [-0.4, -0.2) is 18.5 Å². The Morgan fingerprint density at radius 2 is 2.38 bits per heavy atom. The number of carbonyl (C=O) groups is 1. The van der Waals surface area contributed by atoms with Gasteiger partial charge in [-0.05, 0) is 26.0 Å². The quantitative estimate of drug-likeness (QED) is 0.721. The van der Waals surface area contributed by atoms with Gasteiger partial charge in [0.15, 0.2) is 5.76 Å². The first-order valence-electron chi connectivity index (χ1n) is 4.21. The molecule has 1 rings (SSSR count). The second-order valence-electron chi connectivity index (χ2n) is 3.02. The molecule has 1 atom stereocenters. The molecule has 0 aliphatic carbocycles. The predicted octanol–water partition coefficient (Wildman–Crippen LogP) is 0.665. The average Bonchev–Trinajstić information content (AvgIpc) is 2.51. The first kappa shape index (κ1) is 9.80. The number of carbonyl (C=O) groups excluding carboxylic acids is 1. The highest BCUT2D eigenvalue weighted by atomic mass is 16.3. The lowest BCUT2D eigenvalue weighted by atomic mass is 10.3. The predicted molar refractivity (Wildman–Crippen MR) is 49.4 cm³/mol. The summed E-state index contributed by atoms with van der Waals surface area (Å²) in [6, 6.07) is 3.37. The van der Waals surface area contributed by atoms with Gasteiger partial charge in [-0.2, -0.15) is 0 Å². The zero-order valence-corrected chi connectivity index (χ0v) is 7.83. The normalized spacial score (nSPS) is 12.5. The van der Waals surface area contributed by atoms with Gasteiger partial charge in [-0.3, -0.25) is 4.79 Å². The van der Waals surface area contributed by atoms with Crippen molar-refractivity contribution in [3.63, 3.8) is 0 Å². The molecule has 0 saturated heterocycles. The van der Waals surface area contributed by atoms with Gasteiger partial charge in [0.1, 0.15) is 5.76 Å². The number of hydrogen-bond donors (Lipinski definition) is 2. The van der Waals surface area contributed by atoms with Crippen molar-refractivity contribution in [3.05, 3.63) is 23.7 Å². The first-order chi connectivity index (χ1) is 6.13. The van der Waals surface area contributed by atoms with Crippen LogP contribution in [0.15, 0.2) is 16.5 Å². The van der Waals surface area contributed by atoms with E-state index >= 15 is 0 Å². The molecule has 1 aromatic rings. The maximum absolute atomic E-state index is 11.4. The van der Waals surface area contributed by atoms with Crippen molar-refractivity contribution in [2.24, 2.45) is 5.73 Å². The van der Waals surface area contributed by atoms with Gasteiger partial charge in [-0.15, -0.1) is 0 Å². The smallest absolute Gasteiger partial charge is 0.287 e. The SMILES string of the molecule is Cc1ccc(C(=O)N[C@H](C)CN)o1. The molecule has 1 aromatic heterocycles. The van der Waals surface area contributed by atoms with E-state index in [1.54, 1.807) is 19.1 Å². The van der Waals surface area contributed by atoms with E-state index in [4.69, 9.17) is 10.2 Å². The maximum atomic E-state index is 11.4. The summed E-state index contributed by atoms with van der Waals surface area (Å²) in [4.78, 5) is 11.4. The van der Waals surface area contributed by atoms with Crippen LogP contribution in [0.4, 0.5) is 0 Å². The summed E-state index contributed by atoms with van der Waals surface area (Å²) in [7, 11) is 0. The van der Waals surface area contributed by atoms with Crippen molar-refractivity contribution in [2.45, 2.75) is 19.9 Å². The molecule has 0 unspecified atom stereocenters. The Kier molecular flexibility index (Phi) is 3.08. The Balaban J connectivity index is 2.58. The topological polar surface area (TPSA) is 68.3 Å². The number of rotatable bonds is 3. The third-order valence-electron chi connectivity index (χ3n) is 1.70. The van der Waals surface area contributed by atoms with Crippen molar-refractivity contribution < 1.29 is 9.21 Å². The molecular formula is C9H14N2O2. The summed E-state index contributed by atoms with van der Waals surface area (Å²) in [5, 5.41) is 2.70. The molecule has 4 nitrogen and oxygen atoms in total. The molecule has 0 bridgehead atoms. The summed E-state index contributed by atoms with van der Waals surface area (Å²) in [6.07, 6.45) is 0. The molecule has 0 radical (unpaired) electrons. The fourth-order valence-electron chi connectivity index (χ4n) is 0.910. The minimum absolute atomic E-state index is 0.0297. The van der Waals surface area contributed by atoms with E-state index in [0.29, 0.717) is 12.3 Å². The minimum atomic E-state index is -0.217. The molecular weight excluding hydrogens is 168 g/mol. The second kappa shape index (κ2) is 4.09. The maximum Gasteiger partial charge on any atom is 0.287 e. The number of aryl methyl sites for hydroxylation is 1. The molecule has 0 aliphatic heterocycles. The van der Waals surface area contributed by atoms with Crippen LogP contribution in [0.1, 0.15) is 23.2 Å². The number of nitrogens with two attached hydrogens (primary N) is 1. The molecule has 0 saturated carbocycles. The van der Waals surface area contributed by atoms with Crippen LogP contribution in [0.5, 0.6) is 0 Å². The molecule has 0 fully saturated rings. The van der Waals surface area contributed by atoms with Crippen LogP contribution in [0.25, 0.3) is 0 Å². The van der Waals surface area contributed by atoms with Crippen LogP contribution >= 0.6 is 0 Å². The van der Waals surface area contributed by atoms with Crippen LogP contribution in [0.2, 0.25) is 0 Å². The van der Waals surface area contributed by atoms with E-state index in [9.17, 15) is 4.79 Å². The van der Waals surface area contributed by atoms with Gasteiger partial charge in [0.2, 0.25) is 0 Å². The highest BCUT2D eigenvalue weighted by molar-refractivity contribution is 5.91. The molecule has 0 aliphatic rings. The second-order valence-corrected chi connectivity index (χ2v) is 3.02. The van der Waals surface area contributed by atoms with E-state index in [-0.39, 0.29) is 11.9 Å². The highest BCUT2D eigenvalue weighted by Gasteiger charge is 2.11. The van der Waals surface area contributed by atoms with E-state index in [0.717, 1.165) is 5.76 Å². The monoisotopic (exact) mass is 182 g/mol. The van der Waals surface area contributed by atoms with Gasteiger partial charge >= 0.3 is 0 Å². The first-order valence-corrected chi connectivity index (χ1v) is 4.21. The molecule has 1 heterocycles. The zero-order valence-electron chi connectivity index (χ0n) is 7.83. The average molecular weight is 182 g/mol. The summed E-state index contributed by atoms with van der Waals surface area (Å²) in [5.74, 6) is 0.842. The Morgan fingerprint density at radius 3 is 2.85 bits per heavy atom. The van der Waals surface area contributed by atoms with Crippen molar-refractivity contribution in [2.75, 3.05) is 6.54 Å². The number of furan rings is 1. The largest absolute Gasteiger partial charge is 0.456 e. The molecule has 0 aromatic carbocycles. The summed E-state index contributed by atoms with van der Waals surface area (Å²) in [6.45, 7) is 4.06. The van der Waals surface area contributed by atoms with Crippen molar-refractivity contribution in [1.29, 1.82) is 0 Å². The molecule has 0 spiro atoms. The summed E-state index contributed by atoms with van der Waals surface area (Å²) >= 11 is 0. The fraction of sp³-hybridized carbons (Fsp3) is 0.444. The van der Waals surface area contributed by atoms with Crippen LogP contribution in [0, 0.1) is 6.92 Å². The number of hydrogen-bond acceptors (Lipinski definition) is 3. The summed E-state index contributed by atoms with van der Waals surface area (Å²) in [5.41, 5.74) is 5.36. The van der Waals surface area contributed by atoms with E-state index in [1.165, 1.54) is 0 Å². The van der Waals surface area contributed by atoms with Crippen LogP contribution in [0.3, 0.4) is 0 Å². The van der Waals surface area contributed by atoms with Gasteiger partial charge in [0, 0.05) is 12.6 Å². The Morgan fingerprint density at radius 1 is 1.69 bits per heavy atom. The Labute approximate surface area is 77.1 Å². The molecule has 3 N–H and O–H groups in total. The Bertz CT molecular complexity index is 294. The van der Waals surface area contributed by atoms with Gasteiger partial charge in [-0.1, -0.05) is 0 Å². The van der Waals surface area contributed by atoms with Crippen molar-refractivity contribution in [1.82, 2.24) is 5.32 Å². The van der Waals surface area contributed by atoms with Crippen LogP contribution < -0.4 is 11.1 Å². The van der Waals surface area contributed by atoms with Gasteiger partial charge < -0.3 is 15.5 Å². The number of nitrogens with one attached hydrogen (secondary N) is 1. The van der Waals surface area contributed by atoms with Gasteiger partial charge in [0.05, 0.1) is 0 Å². The molecule has 72 valence electrons. The lowest BCUT2D eigenvalue weighted by Crippen LogP contribution is -2.37. The lowest BCUT2D eigenvalue weighted by molar-refractivity contribution is 0.0912. The van der Waals surface area contributed by atoms with Crippen molar-refractivity contribution in [3.8, 4) is 0 Å². The standard InChI is InChI=1S/C9H14N2O2/c1-6(5-10)11-9(12)8-4-3-7(2)13-8/h3-4,6H,5,10H2,1-2H3,(H,11,12)/t6-/m1/s1. The molecule has 13 heavy (non-hydrogen) atoms. The van der Waals surface area contributed by atoms with E-state index in [1.807, 2.05) is 6.92 Å². The third kappa shape index (κ3) is 2.59. The fourth-order valence-corrected chi connectivity index (χ4v) is 0.910. The molecule has 1 amide bonds. The van der Waals surface area contributed by atoms with Crippen molar-refractivity contribution >= 4 is 5.91 Å². The molecule has 4 heteroatoms. The van der Waals surface area contributed by atoms with E-state index in [2.05, 4.69) is 5.32 Å². The van der Waals surface area contributed by atoms with Crippen LogP contribution in [-0.2, 0) is 0 Å². The minimum Gasteiger partial charge on any atom is -0.456 e. The lowest BCUT2D eigenvalue weighted by Gasteiger charge is -2.08. The van der Waals surface area contributed by atoms with Gasteiger partial charge in [-0.25, -0.2) is 0 Å². The highest BCUT2D eigenvalue weighted by Crippen LogP contribution is 2.05. The third-order valence-corrected chi connectivity index (χ3v) is 1.70. The zero-order chi connectivity index (χ0) is 9.84.